The monoisotopic (exact) mass is 522 g/mol. The van der Waals surface area contributed by atoms with E-state index < -0.39 is 0 Å². The lowest BCUT2D eigenvalue weighted by molar-refractivity contribution is 0.251. The standard InChI is InChI=1S/C32H50N4O2/c1-23-19-25(3)29(26(4)20-23)35-31(37)33-17-15-13-11-9-7-8-10-12-14-16-18-34-32(38)36-30-27(5)21-24(2)22-28(30)6/h19-22H,7-18H2,1-6H3,(H2,33,35,37)(H2,34,36,38). The molecular formula is C32H50N4O2. The molecule has 2 aromatic rings. The van der Waals surface area contributed by atoms with Crippen LogP contribution in [0.4, 0.5) is 21.0 Å². The van der Waals surface area contributed by atoms with Gasteiger partial charge < -0.3 is 21.3 Å². The highest BCUT2D eigenvalue weighted by atomic mass is 16.2. The van der Waals surface area contributed by atoms with Crippen LogP contribution in [0.5, 0.6) is 0 Å². The smallest absolute Gasteiger partial charge is 0.319 e. The van der Waals surface area contributed by atoms with E-state index in [4.69, 9.17) is 0 Å². The maximum absolute atomic E-state index is 12.2. The van der Waals surface area contributed by atoms with Crippen LogP contribution < -0.4 is 21.3 Å². The van der Waals surface area contributed by atoms with Crippen LogP contribution in [0.2, 0.25) is 0 Å². The predicted molar refractivity (Wildman–Crippen MR) is 162 cm³/mol. The van der Waals surface area contributed by atoms with Crippen molar-refractivity contribution in [3.05, 3.63) is 57.6 Å². The number of benzene rings is 2. The molecule has 4 amide bonds. The molecule has 0 aliphatic heterocycles. The van der Waals surface area contributed by atoms with Gasteiger partial charge >= 0.3 is 12.1 Å². The summed E-state index contributed by atoms with van der Waals surface area (Å²) in [6.07, 6.45) is 11.8. The molecule has 0 heterocycles. The van der Waals surface area contributed by atoms with Crippen LogP contribution in [0.25, 0.3) is 0 Å². The second-order valence-electron chi connectivity index (χ2n) is 10.8. The summed E-state index contributed by atoms with van der Waals surface area (Å²) in [5.41, 5.74) is 8.65. The Balaban J connectivity index is 1.40. The Morgan fingerprint density at radius 3 is 1.03 bits per heavy atom. The minimum absolute atomic E-state index is 0.118. The first kappa shape index (κ1) is 31.2. The molecule has 0 bridgehead atoms. The third-order valence-electron chi connectivity index (χ3n) is 7.01. The third kappa shape index (κ3) is 11.6. The molecule has 4 N–H and O–H groups in total. The van der Waals surface area contributed by atoms with E-state index in [0.717, 1.165) is 59.3 Å². The zero-order valence-electron chi connectivity index (χ0n) is 24.6. The van der Waals surface area contributed by atoms with E-state index in [9.17, 15) is 9.59 Å². The Hall–Kier alpha value is -3.02. The fourth-order valence-corrected chi connectivity index (χ4v) is 5.14. The summed E-state index contributed by atoms with van der Waals surface area (Å²) in [6, 6.07) is 8.14. The molecule has 0 aromatic heterocycles. The zero-order valence-corrected chi connectivity index (χ0v) is 24.6. The van der Waals surface area contributed by atoms with Crippen LogP contribution in [-0.4, -0.2) is 25.2 Å². The second-order valence-corrected chi connectivity index (χ2v) is 10.8. The second kappa shape index (κ2) is 16.7. The van der Waals surface area contributed by atoms with Crippen molar-refractivity contribution in [3.63, 3.8) is 0 Å². The SMILES string of the molecule is Cc1cc(C)c(NC(=O)NCCCCCCCCCCCCNC(=O)Nc2c(C)cc(C)cc2C)c(C)c1. The van der Waals surface area contributed by atoms with Crippen LogP contribution in [0.15, 0.2) is 24.3 Å². The number of carbonyl (C=O) groups excluding carboxylic acids is 2. The Morgan fingerprint density at radius 2 is 0.737 bits per heavy atom. The molecule has 6 nitrogen and oxygen atoms in total. The van der Waals surface area contributed by atoms with Gasteiger partial charge in [0.2, 0.25) is 0 Å². The molecule has 6 heteroatoms. The summed E-state index contributed by atoms with van der Waals surface area (Å²) < 4.78 is 0. The van der Waals surface area contributed by atoms with Crippen molar-refractivity contribution in [3.8, 4) is 0 Å². The van der Waals surface area contributed by atoms with Gasteiger partial charge in [0.05, 0.1) is 0 Å². The summed E-state index contributed by atoms with van der Waals surface area (Å²) in [7, 11) is 0. The van der Waals surface area contributed by atoms with Crippen molar-refractivity contribution < 1.29 is 9.59 Å². The van der Waals surface area contributed by atoms with E-state index in [0.29, 0.717) is 13.1 Å². The first-order valence-corrected chi connectivity index (χ1v) is 14.4. The molecule has 0 atom stereocenters. The first-order valence-electron chi connectivity index (χ1n) is 14.4. The number of aryl methyl sites for hydroxylation is 6. The molecule has 210 valence electrons. The van der Waals surface area contributed by atoms with Crippen LogP contribution in [-0.2, 0) is 0 Å². The maximum Gasteiger partial charge on any atom is 0.319 e. The van der Waals surface area contributed by atoms with Gasteiger partial charge in [-0.05, 0) is 76.6 Å². The molecular weight excluding hydrogens is 472 g/mol. The maximum atomic E-state index is 12.2. The molecule has 0 spiro atoms. The van der Waals surface area contributed by atoms with Crippen molar-refractivity contribution in [1.82, 2.24) is 10.6 Å². The molecule has 0 aliphatic rings. The van der Waals surface area contributed by atoms with E-state index in [-0.39, 0.29) is 12.1 Å². The highest BCUT2D eigenvalue weighted by molar-refractivity contribution is 5.91. The van der Waals surface area contributed by atoms with Crippen LogP contribution in [0.1, 0.15) is 97.6 Å². The molecule has 0 radical (unpaired) electrons. The van der Waals surface area contributed by atoms with Crippen molar-refractivity contribution >= 4 is 23.4 Å². The van der Waals surface area contributed by atoms with Gasteiger partial charge in [-0.1, -0.05) is 86.8 Å². The Morgan fingerprint density at radius 1 is 0.474 bits per heavy atom. The number of rotatable bonds is 15. The summed E-state index contributed by atoms with van der Waals surface area (Å²) >= 11 is 0. The fourth-order valence-electron chi connectivity index (χ4n) is 5.14. The zero-order chi connectivity index (χ0) is 27.9. The van der Waals surface area contributed by atoms with Crippen molar-refractivity contribution in [2.75, 3.05) is 23.7 Å². The molecule has 0 unspecified atom stereocenters. The van der Waals surface area contributed by atoms with Gasteiger partial charge in [-0.3, -0.25) is 0 Å². The topological polar surface area (TPSA) is 82.3 Å². The van der Waals surface area contributed by atoms with Gasteiger partial charge in [-0.25, -0.2) is 9.59 Å². The average Bonchev–Trinajstić information content (AvgIpc) is 2.83. The van der Waals surface area contributed by atoms with Crippen molar-refractivity contribution in [1.29, 1.82) is 0 Å². The van der Waals surface area contributed by atoms with E-state index >= 15 is 0 Å². The quantitative estimate of drug-likeness (QED) is 0.177. The minimum Gasteiger partial charge on any atom is -0.338 e. The number of hydrogen-bond donors (Lipinski definition) is 4. The van der Waals surface area contributed by atoms with E-state index in [1.807, 2.05) is 27.7 Å². The average molecular weight is 523 g/mol. The molecule has 2 rings (SSSR count). The van der Waals surface area contributed by atoms with Gasteiger partial charge in [0.1, 0.15) is 0 Å². The largest absolute Gasteiger partial charge is 0.338 e. The van der Waals surface area contributed by atoms with E-state index in [1.165, 1.54) is 49.7 Å². The summed E-state index contributed by atoms with van der Waals surface area (Å²) in [5.74, 6) is 0. The molecule has 0 aliphatic carbocycles. The molecule has 0 saturated carbocycles. The summed E-state index contributed by atoms with van der Waals surface area (Å²) in [5, 5.41) is 12.0. The number of anilines is 2. The Kier molecular flexibility index (Phi) is 13.7. The number of amides is 4. The van der Waals surface area contributed by atoms with Crippen LogP contribution >= 0.6 is 0 Å². The van der Waals surface area contributed by atoms with Gasteiger partial charge in [-0.15, -0.1) is 0 Å². The van der Waals surface area contributed by atoms with Gasteiger partial charge in [-0.2, -0.15) is 0 Å². The molecule has 0 fully saturated rings. The lowest BCUT2D eigenvalue weighted by Crippen LogP contribution is -2.30. The van der Waals surface area contributed by atoms with Gasteiger partial charge in [0.25, 0.3) is 0 Å². The lowest BCUT2D eigenvalue weighted by atomic mass is 10.1. The normalized spacial score (nSPS) is 10.8. The number of hydrogen-bond acceptors (Lipinski definition) is 2. The number of carbonyl (C=O) groups is 2. The molecule has 38 heavy (non-hydrogen) atoms. The van der Waals surface area contributed by atoms with Crippen LogP contribution in [0, 0.1) is 41.5 Å². The minimum atomic E-state index is -0.118. The van der Waals surface area contributed by atoms with Crippen molar-refractivity contribution in [2.45, 2.75) is 106 Å². The summed E-state index contributed by atoms with van der Waals surface area (Å²) in [4.78, 5) is 24.4. The van der Waals surface area contributed by atoms with Crippen LogP contribution in [0.3, 0.4) is 0 Å². The lowest BCUT2D eigenvalue weighted by Gasteiger charge is -2.13. The number of unbranched alkanes of at least 4 members (excludes halogenated alkanes) is 9. The first-order chi connectivity index (χ1) is 18.2. The van der Waals surface area contributed by atoms with Gasteiger partial charge in [0.15, 0.2) is 0 Å². The third-order valence-corrected chi connectivity index (χ3v) is 7.01. The number of urea groups is 2. The van der Waals surface area contributed by atoms with Gasteiger partial charge in [0, 0.05) is 24.5 Å². The van der Waals surface area contributed by atoms with Crippen molar-refractivity contribution in [2.24, 2.45) is 0 Å². The Labute approximate surface area is 230 Å². The Bertz CT molecular complexity index is 918. The fraction of sp³-hybridized carbons (Fsp3) is 0.562. The van der Waals surface area contributed by atoms with E-state index in [1.54, 1.807) is 0 Å². The molecule has 2 aromatic carbocycles. The number of nitrogens with one attached hydrogen (secondary N) is 4. The predicted octanol–water partition coefficient (Wildman–Crippen LogP) is 8.38. The van der Waals surface area contributed by atoms with E-state index in [2.05, 4.69) is 59.4 Å². The highest BCUT2D eigenvalue weighted by Crippen LogP contribution is 2.22. The summed E-state index contributed by atoms with van der Waals surface area (Å²) in [6.45, 7) is 13.7. The highest BCUT2D eigenvalue weighted by Gasteiger charge is 2.09. The molecule has 0 saturated heterocycles.